The van der Waals surface area contributed by atoms with Gasteiger partial charge in [0.05, 0.1) is 5.02 Å². The van der Waals surface area contributed by atoms with Gasteiger partial charge in [-0.25, -0.2) is 8.78 Å². The van der Waals surface area contributed by atoms with Crippen LogP contribution in [0.25, 0.3) is 0 Å². The zero-order chi connectivity index (χ0) is 20.3. The zero-order valence-electron chi connectivity index (χ0n) is 16.1. The Hall–Kier alpha value is -1.98. The first-order valence-corrected chi connectivity index (χ1v) is 9.90. The van der Waals surface area contributed by atoms with Gasteiger partial charge in [-0.15, -0.1) is 0 Å². The van der Waals surface area contributed by atoms with Crippen LogP contribution in [0.4, 0.5) is 8.78 Å². The van der Waals surface area contributed by atoms with E-state index in [2.05, 4.69) is 10.2 Å². The molecule has 6 heteroatoms. The quantitative estimate of drug-likeness (QED) is 0.739. The second kappa shape index (κ2) is 9.01. The third-order valence-electron chi connectivity index (χ3n) is 5.48. The maximum Gasteiger partial charge on any atom is 0.251 e. The highest BCUT2D eigenvalue weighted by atomic mass is 35.5. The average molecular weight is 407 g/mol. The van der Waals surface area contributed by atoms with Crippen molar-refractivity contribution < 1.29 is 13.6 Å². The van der Waals surface area contributed by atoms with Crippen molar-refractivity contribution in [2.24, 2.45) is 5.92 Å². The van der Waals surface area contributed by atoms with E-state index in [9.17, 15) is 13.6 Å². The molecule has 1 aliphatic carbocycles. The minimum atomic E-state index is -0.536. The Morgan fingerprint density at radius 3 is 2.43 bits per heavy atom. The topological polar surface area (TPSA) is 32.3 Å². The fraction of sp³-hybridized carbons (Fsp3) is 0.409. The molecule has 0 aromatic heterocycles. The number of benzene rings is 2. The zero-order valence-corrected chi connectivity index (χ0v) is 16.8. The Kier molecular flexibility index (Phi) is 6.68. The predicted molar refractivity (Wildman–Crippen MR) is 107 cm³/mol. The van der Waals surface area contributed by atoms with Crippen molar-refractivity contribution >= 4 is 17.5 Å². The van der Waals surface area contributed by atoms with Crippen LogP contribution in [0, 0.1) is 17.6 Å². The number of nitrogens with one attached hydrogen (secondary N) is 1. The summed E-state index contributed by atoms with van der Waals surface area (Å²) in [5, 5.41) is 2.97. The van der Waals surface area contributed by atoms with Gasteiger partial charge in [0.1, 0.15) is 11.6 Å². The van der Waals surface area contributed by atoms with Crippen LogP contribution < -0.4 is 5.32 Å². The molecule has 0 radical (unpaired) electrons. The maximum absolute atomic E-state index is 13.7. The van der Waals surface area contributed by atoms with Gasteiger partial charge in [-0.05, 0) is 81.6 Å². The number of rotatable bonds is 5. The van der Waals surface area contributed by atoms with Gasteiger partial charge in [0.25, 0.3) is 5.91 Å². The largest absolute Gasteiger partial charge is 0.349 e. The van der Waals surface area contributed by atoms with Gasteiger partial charge >= 0.3 is 0 Å². The van der Waals surface area contributed by atoms with Crippen molar-refractivity contribution in [2.75, 3.05) is 14.1 Å². The molecular weight excluding hydrogens is 382 g/mol. The van der Waals surface area contributed by atoms with Gasteiger partial charge in [0, 0.05) is 17.6 Å². The lowest BCUT2D eigenvalue weighted by atomic mass is 9.78. The molecule has 28 heavy (non-hydrogen) atoms. The van der Waals surface area contributed by atoms with E-state index in [4.69, 9.17) is 11.6 Å². The predicted octanol–water partition coefficient (Wildman–Crippen LogP) is 5.21. The normalized spacial score (nSPS) is 20.8. The van der Waals surface area contributed by atoms with Crippen molar-refractivity contribution in [1.82, 2.24) is 10.2 Å². The summed E-state index contributed by atoms with van der Waals surface area (Å²) in [5.41, 5.74) is 1.35. The number of hydrogen-bond donors (Lipinski definition) is 1. The van der Waals surface area contributed by atoms with Crippen LogP contribution in [0.15, 0.2) is 42.5 Å². The lowest BCUT2D eigenvalue weighted by Crippen LogP contribution is -2.40. The first-order chi connectivity index (χ1) is 13.3. The molecule has 3 nitrogen and oxygen atoms in total. The summed E-state index contributed by atoms with van der Waals surface area (Å²) in [6, 6.07) is 11.0. The molecule has 0 bridgehead atoms. The number of amides is 1. The summed E-state index contributed by atoms with van der Waals surface area (Å²) in [5.74, 6) is -0.598. The van der Waals surface area contributed by atoms with Gasteiger partial charge < -0.3 is 10.2 Å². The molecule has 1 amide bonds. The van der Waals surface area contributed by atoms with E-state index in [1.165, 1.54) is 24.3 Å². The summed E-state index contributed by atoms with van der Waals surface area (Å²) in [6.07, 6.45) is 3.58. The van der Waals surface area contributed by atoms with Crippen LogP contribution in [0.2, 0.25) is 5.02 Å². The third-order valence-corrected chi connectivity index (χ3v) is 5.77. The van der Waals surface area contributed by atoms with E-state index in [0.29, 0.717) is 11.5 Å². The molecule has 1 atom stereocenters. The van der Waals surface area contributed by atoms with E-state index in [1.54, 1.807) is 12.1 Å². The Balaban J connectivity index is 1.61. The molecule has 2 aromatic rings. The van der Waals surface area contributed by atoms with Gasteiger partial charge in [-0.1, -0.05) is 23.7 Å². The van der Waals surface area contributed by atoms with Crippen LogP contribution in [0.3, 0.4) is 0 Å². The number of halogens is 3. The van der Waals surface area contributed by atoms with Crippen LogP contribution in [0.5, 0.6) is 0 Å². The van der Waals surface area contributed by atoms with Crippen LogP contribution in [-0.4, -0.2) is 30.9 Å². The number of nitrogens with zero attached hydrogens (tertiary/aromatic N) is 1. The molecule has 0 saturated heterocycles. The fourth-order valence-electron chi connectivity index (χ4n) is 4.17. The molecule has 1 saturated carbocycles. The standard InChI is InChI=1S/C22H25ClF2N2O/c1-27(2)21(15-4-3-5-17(24)12-15)14-6-9-18(10-7-14)26-22(28)16-8-11-20(25)19(23)13-16/h3-5,8,11-14,18,21H,6-7,9-10H2,1-2H3,(H,26,28). The van der Waals surface area contributed by atoms with Gasteiger partial charge in [-0.3, -0.25) is 4.79 Å². The average Bonchev–Trinajstić information content (AvgIpc) is 2.65. The Morgan fingerprint density at radius 2 is 1.82 bits per heavy atom. The smallest absolute Gasteiger partial charge is 0.251 e. The Morgan fingerprint density at radius 1 is 1.11 bits per heavy atom. The van der Waals surface area contributed by atoms with Crippen molar-refractivity contribution in [3.05, 3.63) is 70.2 Å². The molecule has 1 N–H and O–H groups in total. The van der Waals surface area contributed by atoms with Crippen LogP contribution in [0.1, 0.15) is 47.6 Å². The fourth-order valence-corrected chi connectivity index (χ4v) is 4.35. The summed E-state index contributed by atoms with van der Waals surface area (Å²) in [7, 11) is 4.03. The molecule has 0 spiro atoms. The second-order valence-corrected chi connectivity index (χ2v) is 8.08. The summed E-state index contributed by atoms with van der Waals surface area (Å²) >= 11 is 5.77. The minimum absolute atomic E-state index is 0.0553. The number of carbonyl (C=O) groups excluding carboxylic acids is 1. The summed E-state index contributed by atoms with van der Waals surface area (Å²) < 4.78 is 27.0. The number of hydrogen-bond acceptors (Lipinski definition) is 2. The van der Waals surface area contributed by atoms with Crippen molar-refractivity contribution in [3.8, 4) is 0 Å². The lowest BCUT2D eigenvalue weighted by Gasteiger charge is -2.37. The van der Waals surface area contributed by atoms with Crippen molar-refractivity contribution in [3.63, 3.8) is 0 Å². The molecule has 1 unspecified atom stereocenters. The highest BCUT2D eigenvalue weighted by Gasteiger charge is 2.30. The number of carbonyl (C=O) groups is 1. The lowest BCUT2D eigenvalue weighted by molar-refractivity contribution is 0.0906. The summed E-state index contributed by atoms with van der Waals surface area (Å²) in [4.78, 5) is 14.6. The minimum Gasteiger partial charge on any atom is -0.349 e. The Labute approximate surface area is 169 Å². The van der Waals surface area contributed by atoms with E-state index in [0.717, 1.165) is 31.2 Å². The van der Waals surface area contributed by atoms with E-state index >= 15 is 0 Å². The van der Waals surface area contributed by atoms with E-state index in [-0.39, 0.29) is 28.8 Å². The van der Waals surface area contributed by atoms with Gasteiger partial charge in [-0.2, -0.15) is 0 Å². The summed E-state index contributed by atoms with van der Waals surface area (Å²) in [6.45, 7) is 0. The molecule has 0 aliphatic heterocycles. The first-order valence-electron chi connectivity index (χ1n) is 9.53. The van der Waals surface area contributed by atoms with Gasteiger partial charge in [0.2, 0.25) is 0 Å². The molecular formula is C22H25ClF2N2O. The second-order valence-electron chi connectivity index (χ2n) is 7.68. The monoisotopic (exact) mass is 406 g/mol. The molecule has 150 valence electrons. The molecule has 0 heterocycles. The highest BCUT2D eigenvalue weighted by Crippen LogP contribution is 2.37. The van der Waals surface area contributed by atoms with Crippen LogP contribution >= 0.6 is 11.6 Å². The maximum atomic E-state index is 13.7. The van der Waals surface area contributed by atoms with Crippen molar-refractivity contribution in [2.45, 2.75) is 37.8 Å². The van der Waals surface area contributed by atoms with E-state index in [1.807, 2.05) is 20.2 Å². The molecule has 3 rings (SSSR count). The molecule has 2 aromatic carbocycles. The molecule has 1 aliphatic rings. The first kappa shape index (κ1) is 20.7. The Bertz CT molecular complexity index is 835. The van der Waals surface area contributed by atoms with Crippen molar-refractivity contribution in [1.29, 1.82) is 0 Å². The SMILES string of the molecule is CN(C)C(c1cccc(F)c1)C1CCC(NC(=O)c2ccc(F)c(Cl)c2)CC1. The molecule has 1 fully saturated rings. The van der Waals surface area contributed by atoms with E-state index < -0.39 is 5.82 Å². The van der Waals surface area contributed by atoms with Crippen LogP contribution in [-0.2, 0) is 0 Å². The van der Waals surface area contributed by atoms with Gasteiger partial charge in [0.15, 0.2) is 0 Å². The highest BCUT2D eigenvalue weighted by molar-refractivity contribution is 6.31. The third kappa shape index (κ3) is 4.89.